The van der Waals surface area contributed by atoms with Gasteiger partial charge in [0, 0.05) is 12.6 Å². The third-order valence-corrected chi connectivity index (χ3v) is 3.09. The van der Waals surface area contributed by atoms with Crippen molar-refractivity contribution >= 4 is 0 Å². The van der Waals surface area contributed by atoms with Crippen molar-refractivity contribution in [1.82, 2.24) is 5.32 Å². The van der Waals surface area contributed by atoms with E-state index in [1.165, 1.54) is 0 Å². The minimum atomic E-state index is -1.09. The molecule has 0 saturated carbocycles. The summed E-state index contributed by atoms with van der Waals surface area (Å²) in [5.74, 6) is 1.38. The number of ether oxygens (including phenoxy) is 1. The summed E-state index contributed by atoms with van der Waals surface area (Å²) in [6, 6.07) is 8.05. The number of hydrogen-bond acceptors (Lipinski definition) is 4. The molecule has 2 atom stereocenters. The molecule has 0 heterocycles. The minimum absolute atomic E-state index is 0.104. The number of aliphatic hydroxyl groups excluding tert-OH is 1. The average molecular weight is 281 g/mol. The van der Waals surface area contributed by atoms with Crippen LogP contribution in [-0.2, 0) is 0 Å². The van der Waals surface area contributed by atoms with Crippen LogP contribution in [0.3, 0.4) is 0 Å². The van der Waals surface area contributed by atoms with E-state index in [-0.39, 0.29) is 12.6 Å². The van der Waals surface area contributed by atoms with Gasteiger partial charge in [-0.05, 0) is 37.5 Å². The molecule has 0 fully saturated rings. The summed E-state index contributed by atoms with van der Waals surface area (Å²) >= 11 is 0. The second-order valence-corrected chi connectivity index (χ2v) is 6.03. The molecule has 0 bridgehead atoms. The predicted molar refractivity (Wildman–Crippen MR) is 80.9 cm³/mol. The Hall–Kier alpha value is -1.10. The van der Waals surface area contributed by atoms with E-state index in [4.69, 9.17) is 9.84 Å². The Bertz CT molecular complexity index is 387. The maximum atomic E-state index is 9.75. The second kappa shape index (κ2) is 7.62. The van der Waals surface area contributed by atoms with Gasteiger partial charge in [-0.2, -0.15) is 0 Å². The zero-order valence-corrected chi connectivity index (χ0v) is 12.9. The van der Waals surface area contributed by atoms with Gasteiger partial charge in [0.2, 0.25) is 0 Å². The first-order chi connectivity index (χ1) is 9.34. The lowest BCUT2D eigenvalue weighted by atomic mass is 10.1. The number of aliphatic hydroxyl groups is 2. The first kappa shape index (κ1) is 17.0. The third-order valence-electron chi connectivity index (χ3n) is 3.09. The summed E-state index contributed by atoms with van der Waals surface area (Å²) in [6.07, 6.45) is 0. The SMILES string of the molecule is CC(C)COc1ccc(C(C)NCC(C)(O)CO)cc1. The van der Waals surface area contributed by atoms with Gasteiger partial charge < -0.3 is 20.3 Å². The molecule has 0 aliphatic carbocycles. The smallest absolute Gasteiger partial charge is 0.119 e. The molecule has 3 N–H and O–H groups in total. The van der Waals surface area contributed by atoms with Crippen LogP contribution in [-0.4, -0.2) is 35.6 Å². The number of benzene rings is 1. The molecule has 0 amide bonds. The molecule has 20 heavy (non-hydrogen) atoms. The summed E-state index contributed by atoms with van der Waals surface area (Å²) < 4.78 is 5.64. The predicted octanol–water partition coefficient (Wildman–Crippen LogP) is 2.12. The van der Waals surface area contributed by atoms with Crippen molar-refractivity contribution in [3.63, 3.8) is 0 Å². The fourth-order valence-electron chi connectivity index (χ4n) is 1.66. The van der Waals surface area contributed by atoms with E-state index in [0.29, 0.717) is 19.1 Å². The Balaban J connectivity index is 2.51. The average Bonchev–Trinajstić information content (AvgIpc) is 2.43. The largest absolute Gasteiger partial charge is 0.493 e. The second-order valence-electron chi connectivity index (χ2n) is 6.03. The van der Waals surface area contributed by atoms with Crippen molar-refractivity contribution in [2.45, 2.75) is 39.3 Å². The lowest BCUT2D eigenvalue weighted by molar-refractivity contribution is 0.00106. The Kier molecular flexibility index (Phi) is 6.46. The van der Waals surface area contributed by atoms with Gasteiger partial charge in [0.25, 0.3) is 0 Å². The van der Waals surface area contributed by atoms with Gasteiger partial charge in [-0.3, -0.25) is 0 Å². The van der Waals surface area contributed by atoms with E-state index in [1.54, 1.807) is 6.92 Å². The van der Waals surface area contributed by atoms with Crippen LogP contribution in [0.5, 0.6) is 5.75 Å². The summed E-state index contributed by atoms with van der Waals surface area (Å²) in [6.45, 7) is 8.67. The summed E-state index contributed by atoms with van der Waals surface area (Å²) in [7, 11) is 0. The molecule has 0 aliphatic rings. The minimum Gasteiger partial charge on any atom is -0.493 e. The Morgan fingerprint density at radius 1 is 1.20 bits per heavy atom. The van der Waals surface area contributed by atoms with Crippen molar-refractivity contribution in [2.75, 3.05) is 19.8 Å². The highest BCUT2D eigenvalue weighted by Gasteiger charge is 2.19. The molecule has 1 aromatic rings. The maximum absolute atomic E-state index is 9.75. The molecule has 0 spiro atoms. The van der Waals surface area contributed by atoms with Crippen LogP contribution in [0.1, 0.15) is 39.3 Å². The zero-order chi connectivity index (χ0) is 15.2. The molecule has 1 aromatic carbocycles. The summed E-state index contributed by atoms with van der Waals surface area (Å²) in [4.78, 5) is 0. The highest BCUT2D eigenvalue weighted by atomic mass is 16.5. The Morgan fingerprint density at radius 2 is 1.80 bits per heavy atom. The highest BCUT2D eigenvalue weighted by molar-refractivity contribution is 5.29. The van der Waals surface area contributed by atoms with Crippen LogP contribution < -0.4 is 10.1 Å². The fourth-order valence-corrected chi connectivity index (χ4v) is 1.66. The monoisotopic (exact) mass is 281 g/mol. The van der Waals surface area contributed by atoms with Gasteiger partial charge in [0.1, 0.15) is 5.75 Å². The molecule has 4 nitrogen and oxygen atoms in total. The normalized spacial score (nSPS) is 15.9. The van der Waals surface area contributed by atoms with Crippen molar-refractivity contribution in [3.05, 3.63) is 29.8 Å². The van der Waals surface area contributed by atoms with Gasteiger partial charge in [-0.15, -0.1) is 0 Å². The van der Waals surface area contributed by atoms with Crippen molar-refractivity contribution < 1.29 is 14.9 Å². The molecular formula is C16H27NO3. The quantitative estimate of drug-likeness (QED) is 0.683. The van der Waals surface area contributed by atoms with Crippen molar-refractivity contribution in [3.8, 4) is 5.75 Å². The standard InChI is InChI=1S/C16H27NO3/c1-12(2)9-20-15-7-5-14(6-8-15)13(3)17-10-16(4,19)11-18/h5-8,12-13,17-19H,9-11H2,1-4H3. The molecule has 4 heteroatoms. The molecule has 1 rings (SSSR count). The van der Waals surface area contributed by atoms with E-state index in [2.05, 4.69) is 19.2 Å². The molecule has 0 aromatic heterocycles. The number of nitrogens with one attached hydrogen (secondary N) is 1. The number of rotatable bonds is 8. The van der Waals surface area contributed by atoms with Gasteiger partial charge in [0.05, 0.1) is 18.8 Å². The van der Waals surface area contributed by atoms with Crippen LogP contribution in [0, 0.1) is 5.92 Å². The number of hydrogen-bond donors (Lipinski definition) is 3. The maximum Gasteiger partial charge on any atom is 0.119 e. The summed E-state index contributed by atoms with van der Waals surface area (Å²) in [5, 5.41) is 22.0. The van der Waals surface area contributed by atoms with Gasteiger partial charge >= 0.3 is 0 Å². The Labute approximate surface area is 121 Å². The van der Waals surface area contributed by atoms with E-state index >= 15 is 0 Å². The molecule has 0 aliphatic heterocycles. The van der Waals surface area contributed by atoms with E-state index in [1.807, 2.05) is 31.2 Å². The lowest BCUT2D eigenvalue weighted by Crippen LogP contribution is -2.41. The first-order valence-corrected chi connectivity index (χ1v) is 7.13. The van der Waals surface area contributed by atoms with Crippen LogP contribution in [0.25, 0.3) is 0 Å². The molecule has 0 saturated heterocycles. The van der Waals surface area contributed by atoms with Crippen molar-refractivity contribution in [1.29, 1.82) is 0 Å². The van der Waals surface area contributed by atoms with Crippen LogP contribution >= 0.6 is 0 Å². The Morgan fingerprint density at radius 3 is 2.30 bits per heavy atom. The van der Waals surface area contributed by atoms with Gasteiger partial charge in [0.15, 0.2) is 0 Å². The third kappa shape index (κ3) is 5.90. The van der Waals surface area contributed by atoms with Crippen LogP contribution in [0.2, 0.25) is 0 Å². The van der Waals surface area contributed by atoms with Crippen molar-refractivity contribution in [2.24, 2.45) is 5.92 Å². The van der Waals surface area contributed by atoms with E-state index < -0.39 is 5.60 Å². The van der Waals surface area contributed by atoms with E-state index in [9.17, 15) is 5.11 Å². The first-order valence-electron chi connectivity index (χ1n) is 7.13. The lowest BCUT2D eigenvalue weighted by Gasteiger charge is -2.24. The summed E-state index contributed by atoms with van der Waals surface area (Å²) in [5.41, 5.74) is 0.0322. The molecule has 114 valence electrons. The molecule has 2 unspecified atom stereocenters. The van der Waals surface area contributed by atoms with Gasteiger partial charge in [-0.25, -0.2) is 0 Å². The molecule has 0 radical (unpaired) electrons. The van der Waals surface area contributed by atoms with Gasteiger partial charge in [-0.1, -0.05) is 26.0 Å². The topological polar surface area (TPSA) is 61.7 Å². The highest BCUT2D eigenvalue weighted by Crippen LogP contribution is 2.18. The fraction of sp³-hybridized carbons (Fsp3) is 0.625. The zero-order valence-electron chi connectivity index (χ0n) is 12.9. The van der Waals surface area contributed by atoms with E-state index in [0.717, 1.165) is 11.3 Å². The molecular weight excluding hydrogens is 254 g/mol. The van der Waals surface area contributed by atoms with Crippen LogP contribution in [0.15, 0.2) is 24.3 Å². The van der Waals surface area contributed by atoms with Crippen LogP contribution in [0.4, 0.5) is 0 Å².